The summed E-state index contributed by atoms with van der Waals surface area (Å²) in [5, 5.41) is 0. The fourth-order valence-corrected chi connectivity index (χ4v) is 2.48. The first-order valence-electron chi connectivity index (χ1n) is 8.72. The molecule has 0 aromatic carbocycles. The van der Waals surface area contributed by atoms with Crippen molar-refractivity contribution in [2.75, 3.05) is 85.7 Å². The molecule has 0 spiro atoms. The Morgan fingerprint density at radius 2 is 1.09 bits per heavy atom. The van der Waals surface area contributed by atoms with E-state index < -0.39 is 0 Å². The van der Waals surface area contributed by atoms with Crippen LogP contribution in [-0.2, 0) is 28.4 Å². The van der Waals surface area contributed by atoms with E-state index in [0.717, 1.165) is 45.7 Å². The highest BCUT2D eigenvalue weighted by molar-refractivity contribution is 4.61. The van der Waals surface area contributed by atoms with E-state index in [1.54, 1.807) is 0 Å². The van der Waals surface area contributed by atoms with E-state index in [0.29, 0.717) is 52.9 Å². The zero-order valence-electron chi connectivity index (χ0n) is 14.1. The first-order valence-corrected chi connectivity index (χ1v) is 8.72. The third kappa shape index (κ3) is 9.56. The Bertz CT molecular complexity index is 259. The molecule has 0 bridgehead atoms. The van der Waals surface area contributed by atoms with Gasteiger partial charge < -0.3 is 28.4 Å². The van der Waals surface area contributed by atoms with Crippen LogP contribution in [0.3, 0.4) is 0 Å². The molecule has 136 valence electrons. The maximum absolute atomic E-state index is 5.62. The van der Waals surface area contributed by atoms with Crippen LogP contribution >= 0.6 is 0 Å². The highest BCUT2D eigenvalue weighted by Crippen LogP contribution is 2.09. The fraction of sp³-hybridized carbons (Fsp3) is 1.00. The second kappa shape index (κ2) is 13.1. The lowest BCUT2D eigenvalue weighted by Gasteiger charge is -2.27. The van der Waals surface area contributed by atoms with Crippen LogP contribution in [0.15, 0.2) is 0 Å². The second-order valence-corrected chi connectivity index (χ2v) is 5.60. The van der Waals surface area contributed by atoms with E-state index in [9.17, 15) is 0 Å². The molecule has 0 radical (unpaired) electrons. The number of ether oxygens (including phenoxy) is 6. The number of hydrogen-bond donors (Lipinski definition) is 0. The van der Waals surface area contributed by atoms with Crippen molar-refractivity contribution >= 4 is 0 Å². The van der Waals surface area contributed by atoms with Crippen molar-refractivity contribution in [2.45, 2.75) is 19.1 Å². The topological polar surface area (TPSA) is 58.6 Å². The molecule has 2 saturated heterocycles. The molecule has 2 aliphatic rings. The Hall–Kier alpha value is -0.280. The summed E-state index contributed by atoms with van der Waals surface area (Å²) >= 11 is 0. The molecule has 7 nitrogen and oxygen atoms in total. The van der Waals surface area contributed by atoms with Crippen LogP contribution in [-0.4, -0.2) is 96.9 Å². The molecule has 0 aromatic heterocycles. The van der Waals surface area contributed by atoms with E-state index in [1.165, 1.54) is 0 Å². The van der Waals surface area contributed by atoms with Crippen molar-refractivity contribution in [1.29, 1.82) is 0 Å². The molecule has 2 heterocycles. The van der Waals surface area contributed by atoms with Crippen molar-refractivity contribution in [1.82, 2.24) is 4.90 Å². The lowest BCUT2D eigenvalue weighted by Crippen LogP contribution is -2.36. The van der Waals surface area contributed by atoms with Crippen molar-refractivity contribution < 1.29 is 28.4 Å². The largest absolute Gasteiger partial charge is 0.378 e. The zero-order valence-corrected chi connectivity index (χ0v) is 14.1. The molecule has 2 rings (SSSR count). The van der Waals surface area contributed by atoms with Crippen molar-refractivity contribution in [2.24, 2.45) is 0 Å². The minimum atomic E-state index is -0.0657. The normalized spacial score (nSPS) is 25.6. The summed E-state index contributed by atoms with van der Waals surface area (Å²) in [6.45, 7) is 9.38. The van der Waals surface area contributed by atoms with Crippen molar-refractivity contribution in [3.8, 4) is 0 Å². The Balaban J connectivity index is 1.66. The SMILES string of the molecule is C1COC(CCN2CCOCCOCCOCCOCC2)OC1. The molecule has 0 N–H and O–H groups in total. The Kier molecular flexibility index (Phi) is 10.8. The highest BCUT2D eigenvalue weighted by atomic mass is 16.7. The van der Waals surface area contributed by atoms with Gasteiger partial charge in [0.25, 0.3) is 0 Å². The van der Waals surface area contributed by atoms with Gasteiger partial charge in [0.1, 0.15) is 0 Å². The van der Waals surface area contributed by atoms with Gasteiger partial charge >= 0.3 is 0 Å². The number of hydrogen-bond acceptors (Lipinski definition) is 7. The van der Waals surface area contributed by atoms with Gasteiger partial charge in [-0.05, 0) is 6.42 Å². The molecule has 0 aromatic rings. The monoisotopic (exact) mass is 333 g/mol. The molecule has 2 aliphatic heterocycles. The van der Waals surface area contributed by atoms with Crippen molar-refractivity contribution in [3.63, 3.8) is 0 Å². The maximum atomic E-state index is 5.62. The van der Waals surface area contributed by atoms with Gasteiger partial charge in [0, 0.05) is 26.1 Å². The average Bonchev–Trinajstić information content (AvgIpc) is 2.60. The van der Waals surface area contributed by atoms with Crippen LogP contribution in [0.5, 0.6) is 0 Å². The average molecular weight is 333 g/mol. The van der Waals surface area contributed by atoms with Gasteiger partial charge in [0.15, 0.2) is 6.29 Å². The van der Waals surface area contributed by atoms with Gasteiger partial charge in [-0.3, -0.25) is 4.90 Å². The smallest absolute Gasteiger partial charge is 0.158 e. The van der Waals surface area contributed by atoms with Crippen LogP contribution in [0.25, 0.3) is 0 Å². The minimum absolute atomic E-state index is 0.0657. The Morgan fingerprint density at radius 1 is 0.609 bits per heavy atom. The predicted molar refractivity (Wildman–Crippen MR) is 84.6 cm³/mol. The molecule has 0 amide bonds. The molecular weight excluding hydrogens is 302 g/mol. The molecule has 7 heteroatoms. The summed E-state index contributed by atoms with van der Waals surface area (Å²) in [7, 11) is 0. The number of rotatable bonds is 3. The molecule has 23 heavy (non-hydrogen) atoms. The third-order valence-electron chi connectivity index (χ3n) is 3.80. The molecule has 2 fully saturated rings. The summed E-state index contributed by atoms with van der Waals surface area (Å²) in [4.78, 5) is 2.34. The third-order valence-corrected chi connectivity index (χ3v) is 3.80. The van der Waals surface area contributed by atoms with E-state index in [4.69, 9.17) is 28.4 Å². The highest BCUT2D eigenvalue weighted by Gasteiger charge is 2.16. The van der Waals surface area contributed by atoms with E-state index >= 15 is 0 Å². The molecule has 0 unspecified atom stereocenters. The molecule has 0 aliphatic carbocycles. The van der Waals surface area contributed by atoms with Crippen LogP contribution < -0.4 is 0 Å². The summed E-state index contributed by atoms with van der Waals surface area (Å²) in [6, 6.07) is 0. The van der Waals surface area contributed by atoms with Gasteiger partial charge in [0.05, 0.1) is 66.1 Å². The van der Waals surface area contributed by atoms with Crippen LogP contribution in [0.4, 0.5) is 0 Å². The first-order chi connectivity index (χ1) is 11.4. The van der Waals surface area contributed by atoms with E-state index in [2.05, 4.69) is 4.90 Å². The van der Waals surface area contributed by atoms with E-state index in [1.807, 2.05) is 0 Å². The fourth-order valence-electron chi connectivity index (χ4n) is 2.48. The van der Waals surface area contributed by atoms with Crippen molar-refractivity contribution in [3.05, 3.63) is 0 Å². The van der Waals surface area contributed by atoms with Gasteiger partial charge in [-0.25, -0.2) is 0 Å². The minimum Gasteiger partial charge on any atom is -0.378 e. The quantitative estimate of drug-likeness (QED) is 0.746. The Labute approximate surface area is 139 Å². The summed E-state index contributed by atoms with van der Waals surface area (Å²) < 4.78 is 33.3. The van der Waals surface area contributed by atoms with Crippen LogP contribution in [0, 0.1) is 0 Å². The van der Waals surface area contributed by atoms with Crippen LogP contribution in [0.1, 0.15) is 12.8 Å². The van der Waals surface area contributed by atoms with Crippen LogP contribution in [0.2, 0.25) is 0 Å². The summed E-state index contributed by atoms with van der Waals surface area (Å²) in [5.74, 6) is 0. The lowest BCUT2D eigenvalue weighted by atomic mass is 10.3. The maximum Gasteiger partial charge on any atom is 0.158 e. The molecule has 0 atom stereocenters. The van der Waals surface area contributed by atoms with Gasteiger partial charge in [-0.2, -0.15) is 0 Å². The van der Waals surface area contributed by atoms with Gasteiger partial charge in [-0.15, -0.1) is 0 Å². The summed E-state index contributed by atoms with van der Waals surface area (Å²) in [6.07, 6.45) is 1.81. The Morgan fingerprint density at radius 3 is 1.61 bits per heavy atom. The van der Waals surface area contributed by atoms with Gasteiger partial charge in [0.2, 0.25) is 0 Å². The first kappa shape index (κ1) is 19.1. The second-order valence-electron chi connectivity index (χ2n) is 5.60. The van der Waals surface area contributed by atoms with E-state index in [-0.39, 0.29) is 6.29 Å². The molecular formula is C16H31NO6. The zero-order chi connectivity index (χ0) is 16.0. The predicted octanol–water partition coefficient (Wildman–Crippen LogP) is 0.522. The van der Waals surface area contributed by atoms with Gasteiger partial charge in [-0.1, -0.05) is 0 Å². The molecule has 0 saturated carbocycles. The standard InChI is InChI=1S/C16H31NO6/c1-6-22-16(23-7-1)2-3-17-4-8-18-10-12-20-14-15-21-13-11-19-9-5-17/h16H,1-15H2. The number of nitrogens with zero attached hydrogens (tertiary/aromatic N) is 1. The summed E-state index contributed by atoms with van der Waals surface area (Å²) in [5.41, 5.74) is 0. The lowest BCUT2D eigenvalue weighted by molar-refractivity contribution is -0.182.